The smallest absolute Gasteiger partial charge is 0.315 e. The Balaban J connectivity index is 2.43. The zero-order valence-corrected chi connectivity index (χ0v) is 14.4. The molecule has 1 rings (SSSR count). The van der Waals surface area contributed by atoms with Crippen molar-refractivity contribution < 1.29 is 9.59 Å². The fourth-order valence-electron chi connectivity index (χ4n) is 2.06. The number of hydrogen-bond donors (Lipinski definition) is 3. The van der Waals surface area contributed by atoms with Crippen molar-refractivity contribution in [3.63, 3.8) is 0 Å². The monoisotopic (exact) mass is 320 g/mol. The van der Waals surface area contributed by atoms with E-state index in [1.165, 1.54) is 0 Å². The van der Waals surface area contributed by atoms with Crippen molar-refractivity contribution >= 4 is 11.9 Å². The van der Waals surface area contributed by atoms with Gasteiger partial charge in [0.05, 0.1) is 6.04 Å². The molecule has 23 heavy (non-hydrogen) atoms. The molecule has 0 spiro atoms. The minimum atomic E-state index is -0.237. The summed E-state index contributed by atoms with van der Waals surface area (Å²) in [6.45, 7) is 5.20. The summed E-state index contributed by atoms with van der Waals surface area (Å²) in [6.07, 6.45) is 0. The van der Waals surface area contributed by atoms with E-state index in [1.807, 2.05) is 63.2 Å². The molecule has 1 atom stereocenters. The van der Waals surface area contributed by atoms with Crippen molar-refractivity contribution in [1.29, 1.82) is 0 Å². The third-order valence-electron chi connectivity index (χ3n) is 3.29. The number of urea groups is 1. The third kappa shape index (κ3) is 7.65. The maximum atomic E-state index is 12.0. The quantitative estimate of drug-likeness (QED) is 0.633. The lowest BCUT2D eigenvalue weighted by Crippen LogP contribution is -2.44. The minimum absolute atomic E-state index is 0.0121. The fourth-order valence-corrected chi connectivity index (χ4v) is 2.06. The number of nitrogens with zero attached hydrogens (tertiary/aromatic N) is 1. The molecule has 3 amide bonds. The molecule has 0 heterocycles. The van der Waals surface area contributed by atoms with E-state index in [2.05, 4.69) is 16.0 Å². The first-order chi connectivity index (χ1) is 10.9. The molecule has 0 aliphatic rings. The van der Waals surface area contributed by atoms with Crippen LogP contribution in [-0.2, 0) is 4.79 Å². The van der Waals surface area contributed by atoms with E-state index in [9.17, 15) is 9.59 Å². The molecule has 0 aliphatic heterocycles. The van der Waals surface area contributed by atoms with Gasteiger partial charge >= 0.3 is 6.03 Å². The molecular formula is C17H28N4O2. The van der Waals surface area contributed by atoms with Gasteiger partial charge in [-0.05, 0) is 19.7 Å². The molecule has 3 N–H and O–H groups in total. The Morgan fingerprint density at radius 2 is 1.65 bits per heavy atom. The standard InChI is InChI=1S/C17H28N4O2/c1-13(2)16(22)18-10-11-19-17(23)20-15(12-21(3)4)14-8-6-5-7-9-14/h5-9,13,15H,10-12H2,1-4H3,(H,18,22)(H2,19,20,23)/t15-/m0/s1. The lowest BCUT2D eigenvalue weighted by atomic mass is 10.1. The average Bonchev–Trinajstić information content (AvgIpc) is 2.51. The summed E-state index contributed by atoms with van der Waals surface area (Å²) < 4.78 is 0. The second-order valence-electron chi connectivity index (χ2n) is 6.07. The van der Waals surface area contributed by atoms with Gasteiger partial charge in [-0.3, -0.25) is 4.79 Å². The number of likely N-dealkylation sites (N-methyl/N-ethyl adjacent to an activating group) is 1. The number of amides is 3. The van der Waals surface area contributed by atoms with Gasteiger partial charge in [-0.25, -0.2) is 4.79 Å². The van der Waals surface area contributed by atoms with E-state index in [0.29, 0.717) is 19.6 Å². The van der Waals surface area contributed by atoms with Gasteiger partial charge in [0.1, 0.15) is 0 Å². The lowest BCUT2D eigenvalue weighted by molar-refractivity contribution is -0.123. The number of carbonyl (C=O) groups excluding carboxylic acids is 2. The number of nitrogens with one attached hydrogen (secondary N) is 3. The van der Waals surface area contributed by atoms with Gasteiger partial charge in [-0.15, -0.1) is 0 Å². The highest BCUT2D eigenvalue weighted by Gasteiger charge is 2.15. The largest absolute Gasteiger partial charge is 0.354 e. The molecular weight excluding hydrogens is 292 g/mol. The third-order valence-corrected chi connectivity index (χ3v) is 3.29. The van der Waals surface area contributed by atoms with Gasteiger partial charge in [-0.2, -0.15) is 0 Å². The molecule has 0 bridgehead atoms. The van der Waals surface area contributed by atoms with Crippen LogP contribution in [-0.4, -0.2) is 50.6 Å². The molecule has 0 radical (unpaired) electrons. The van der Waals surface area contributed by atoms with Crippen LogP contribution in [0, 0.1) is 5.92 Å². The van der Waals surface area contributed by atoms with Crippen molar-refractivity contribution in [1.82, 2.24) is 20.9 Å². The summed E-state index contributed by atoms with van der Waals surface area (Å²) >= 11 is 0. The molecule has 128 valence electrons. The highest BCUT2D eigenvalue weighted by Crippen LogP contribution is 2.12. The average molecular weight is 320 g/mol. The summed E-state index contributed by atoms with van der Waals surface area (Å²) in [7, 11) is 3.94. The molecule has 1 aromatic rings. The molecule has 0 unspecified atom stereocenters. The number of carbonyl (C=O) groups is 2. The van der Waals surface area contributed by atoms with Crippen molar-refractivity contribution in [2.45, 2.75) is 19.9 Å². The van der Waals surface area contributed by atoms with Gasteiger partial charge in [0.25, 0.3) is 0 Å². The predicted octanol–water partition coefficient (Wildman–Crippen LogP) is 1.36. The van der Waals surface area contributed by atoms with E-state index in [-0.39, 0.29) is 23.9 Å². The topological polar surface area (TPSA) is 73.5 Å². The highest BCUT2D eigenvalue weighted by molar-refractivity contribution is 5.78. The lowest BCUT2D eigenvalue weighted by Gasteiger charge is -2.23. The fraction of sp³-hybridized carbons (Fsp3) is 0.529. The van der Waals surface area contributed by atoms with Crippen LogP contribution in [0.4, 0.5) is 4.79 Å². The Morgan fingerprint density at radius 3 is 2.22 bits per heavy atom. The van der Waals surface area contributed by atoms with Crippen LogP contribution >= 0.6 is 0 Å². The van der Waals surface area contributed by atoms with E-state index >= 15 is 0 Å². The number of hydrogen-bond acceptors (Lipinski definition) is 3. The summed E-state index contributed by atoms with van der Waals surface area (Å²) in [5, 5.41) is 8.50. The molecule has 1 aromatic carbocycles. The van der Waals surface area contributed by atoms with E-state index in [0.717, 1.165) is 5.56 Å². The maximum Gasteiger partial charge on any atom is 0.315 e. The zero-order valence-electron chi connectivity index (χ0n) is 14.4. The molecule has 0 saturated carbocycles. The van der Waals surface area contributed by atoms with Crippen molar-refractivity contribution in [2.75, 3.05) is 33.7 Å². The Kier molecular flexibility index (Phi) is 8.11. The SMILES string of the molecule is CC(C)C(=O)NCCNC(=O)N[C@@H](CN(C)C)c1ccccc1. The molecule has 0 fully saturated rings. The summed E-state index contributed by atoms with van der Waals surface area (Å²) in [6, 6.07) is 9.54. The van der Waals surface area contributed by atoms with Crippen LogP contribution in [0.15, 0.2) is 30.3 Å². The Labute approximate surface area is 138 Å². The van der Waals surface area contributed by atoms with Crippen LogP contribution in [0.25, 0.3) is 0 Å². The molecule has 0 saturated heterocycles. The van der Waals surface area contributed by atoms with Gasteiger partial charge in [0.15, 0.2) is 0 Å². The maximum absolute atomic E-state index is 12.0. The molecule has 0 aromatic heterocycles. The Bertz CT molecular complexity index is 489. The van der Waals surface area contributed by atoms with Gasteiger partial charge in [-0.1, -0.05) is 44.2 Å². The van der Waals surface area contributed by atoms with E-state index in [4.69, 9.17) is 0 Å². The minimum Gasteiger partial charge on any atom is -0.354 e. The molecule has 6 nitrogen and oxygen atoms in total. The van der Waals surface area contributed by atoms with Crippen molar-refractivity contribution in [3.05, 3.63) is 35.9 Å². The van der Waals surface area contributed by atoms with Gasteiger partial charge in [0.2, 0.25) is 5.91 Å². The van der Waals surface area contributed by atoms with E-state index < -0.39 is 0 Å². The summed E-state index contributed by atoms with van der Waals surface area (Å²) in [4.78, 5) is 25.5. The summed E-state index contributed by atoms with van der Waals surface area (Å²) in [5.74, 6) is -0.0617. The van der Waals surface area contributed by atoms with Crippen LogP contribution in [0.3, 0.4) is 0 Å². The van der Waals surface area contributed by atoms with Gasteiger partial charge < -0.3 is 20.9 Å². The Morgan fingerprint density at radius 1 is 1.04 bits per heavy atom. The van der Waals surface area contributed by atoms with Crippen molar-refractivity contribution in [3.8, 4) is 0 Å². The first-order valence-corrected chi connectivity index (χ1v) is 7.92. The van der Waals surface area contributed by atoms with Crippen LogP contribution in [0.5, 0.6) is 0 Å². The molecule has 0 aliphatic carbocycles. The first kappa shape index (κ1) is 19.0. The summed E-state index contributed by atoms with van der Waals surface area (Å²) in [5.41, 5.74) is 1.06. The van der Waals surface area contributed by atoms with Crippen LogP contribution < -0.4 is 16.0 Å². The number of rotatable bonds is 8. The predicted molar refractivity (Wildman–Crippen MR) is 92.1 cm³/mol. The number of benzene rings is 1. The zero-order chi connectivity index (χ0) is 17.2. The normalized spacial score (nSPS) is 12.1. The van der Waals surface area contributed by atoms with Crippen LogP contribution in [0.1, 0.15) is 25.5 Å². The first-order valence-electron chi connectivity index (χ1n) is 7.92. The highest BCUT2D eigenvalue weighted by atomic mass is 16.2. The second kappa shape index (κ2) is 9.84. The van der Waals surface area contributed by atoms with Crippen LogP contribution in [0.2, 0.25) is 0 Å². The second-order valence-corrected chi connectivity index (χ2v) is 6.07. The molecule has 6 heteroatoms. The van der Waals surface area contributed by atoms with Gasteiger partial charge in [0, 0.05) is 25.6 Å². The van der Waals surface area contributed by atoms with E-state index in [1.54, 1.807) is 0 Å². The Hall–Kier alpha value is -2.08. The van der Waals surface area contributed by atoms with Crippen molar-refractivity contribution in [2.24, 2.45) is 5.92 Å².